The zero-order valence-electron chi connectivity index (χ0n) is 13.3. The van der Waals surface area contributed by atoms with Crippen LogP contribution in [0.3, 0.4) is 0 Å². The molecule has 0 saturated heterocycles. The predicted molar refractivity (Wildman–Crippen MR) is 95.0 cm³/mol. The smallest absolute Gasteiger partial charge is 0.223 e. The summed E-state index contributed by atoms with van der Waals surface area (Å²) in [7, 11) is 0. The number of halogens is 2. The van der Waals surface area contributed by atoms with Crippen LogP contribution in [0.15, 0.2) is 53.0 Å². The molecule has 2 amide bonds. The minimum atomic E-state index is -0.349. The van der Waals surface area contributed by atoms with Crippen LogP contribution in [0.2, 0.25) is 0 Å². The number of benzene rings is 2. The highest BCUT2D eigenvalue weighted by Gasteiger charge is 2.13. The maximum absolute atomic E-state index is 13.5. The van der Waals surface area contributed by atoms with E-state index in [-0.39, 0.29) is 37.1 Å². The Hall–Kier alpha value is -2.21. The van der Waals surface area contributed by atoms with Crippen LogP contribution < -0.4 is 10.2 Å². The third-order valence-corrected chi connectivity index (χ3v) is 4.04. The first-order valence-electron chi connectivity index (χ1n) is 7.51. The lowest BCUT2D eigenvalue weighted by Gasteiger charge is -2.21. The Morgan fingerprint density at radius 1 is 1.12 bits per heavy atom. The van der Waals surface area contributed by atoms with Crippen LogP contribution in [0.25, 0.3) is 0 Å². The molecule has 2 rings (SSSR count). The second-order valence-corrected chi connectivity index (χ2v) is 6.18. The molecular weight excluding hydrogens is 375 g/mol. The van der Waals surface area contributed by atoms with Gasteiger partial charge in [0.05, 0.1) is 0 Å². The molecule has 0 unspecified atom stereocenters. The van der Waals surface area contributed by atoms with E-state index in [4.69, 9.17) is 0 Å². The maximum atomic E-state index is 13.5. The molecule has 126 valence electrons. The standard InChI is InChI=1S/C18H18BrFN2O2/c1-13(23)22(16-8-6-15(19)7-9-16)11-10-18(24)21-12-14-4-2-3-5-17(14)20/h2-9H,10-12H2,1H3,(H,21,24). The Kier molecular flexibility index (Phi) is 6.49. The predicted octanol–water partition coefficient (Wildman–Crippen LogP) is 3.65. The van der Waals surface area contributed by atoms with Gasteiger partial charge in [0.2, 0.25) is 11.8 Å². The lowest BCUT2D eigenvalue weighted by atomic mass is 10.2. The van der Waals surface area contributed by atoms with Gasteiger partial charge in [-0.05, 0) is 30.3 Å². The molecule has 0 aliphatic heterocycles. The summed E-state index contributed by atoms with van der Waals surface area (Å²) in [6.07, 6.45) is 0.143. The van der Waals surface area contributed by atoms with Crippen molar-refractivity contribution in [3.8, 4) is 0 Å². The van der Waals surface area contributed by atoms with Crippen LogP contribution in [0.1, 0.15) is 18.9 Å². The summed E-state index contributed by atoms with van der Waals surface area (Å²) in [5, 5.41) is 2.67. The molecule has 24 heavy (non-hydrogen) atoms. The molecule has 1 N–H and O–H groups in total. The highest BCUT2D eigenvalue weighted by molar-refractivity contribution is 9.10. The SMILES string of the molecule is CC(=O)N(CCC(=O)NCc1ccccc1F)c1ccc(Br)cc1. The van der Waals surface area contributed by atoms with E-state index in [0.29, 0.717) is 5.56 Å². The van der Waals surface area contributed by atoms with Crippen LogP contribution >= 0.6 is 15.9 Å². The maximum Gasteiger partial charge on any atom is 0.223 e. The number of nitrogens with one attached hydrogen (secondary N) is 1. The fourth-order valence-corrected chi connectivity index (χ4v) is 2.49. The van der Waals surface area contributed by atoms with E-state index in [1.54, 1.807) is 18.2 Å². The second-order valence-electron chi connectivity index (χ2n) is 5.27. The number of hydrogen-bond acceptors (Lipinski definition) is 2. The first kappa shape index (κ1) is 18.1. The van der Waals surface area contributed by atoms with Gasteiger partial charge in [-0.1, -0.05) is 34.1 Å². The quantitative estimate of drug-likeness (QED) is 0.815. The molecule has 6 heteroatoms. The Morgan fingerprint density at radius 2 is 1.79 bits per heavy atom. The Balaban J connectivity index is 1.90. The Morgan fingerprint density at radius 3 is 2.42 bits per heavy atom. The van der Waals surface area contributed by atoms with E-state index in [1.165, 1.54) is 17.9 Å². The number of nitrogens with zero attached hydrogens (tertiary/aromatic N) is 1. The largest absolute Gasteiger partial charge is 0.352 e. The molecule has 0 atom stereocenters. The summed E-state index contributed by atoms with van der Waals surface area (Å²) in [6.45, 7) is 1.85. The lowest BCUT2D eigenvalue weighted by molar-refractivity contribution is -0.121. The first-order valence-corrected chi connectivity index (χ1v) is 8.30. The average molecular weight is 393 g/mol. The molecule has 0 heterocycles. The van der Waals surface area contributed by atoms with Crippen molar-refractivity contribution in [2.24, 2.45) is 0 Å². The molecule has 2 aromatic carbocycles. The van der Waals surface area contributed by atoms with Crippen molar-refractivity contribution in [3.05, 3.63) is 64.4 Å². The van der Waals surface area contributed by atoms with Crippen LogP contribution in [0.5, 0.6) is 0 Å². The third kappa shape index (κ3) is 5.16. The van der Waals surface area contributed by atoms with Crippen LogP contribution in [0.4, 0.5) is 10.1 Å². The summed E-state index contributed by atoms with van der Waals surface area (Å²) < 4.78 is 14.4. The normalized spacial score (nSPS) is 10.3. The summed E-state index contributed by atoms with van der Waals surface area (Å²) >= 11 is 3.34. The van der Waals surface area contributed by atoms with E-state index < -0.39 is 0 Å². The zero-order chi connectivity index (χ0) is 17.5. The molecule has 0 bridgehead atoms. The third-order valence-electron chi connectivity index (χ3n) is 3.51. The fourth-order valence-electron chi connectivity index (χ4n) is 2.23. The fraction of sp³-hybridized carbons (Fsp3) is 0.222. The molecule has 0 radical (unpaired) electrons. The molecule has 0 aliphatic carbocycles. The van der Waals surface area contributed by atoms with Gasteiger partial charge in [0, 0.05) is 42.2 Å². The Bertz CT molecular complexity index is 719. The Labute approximate surface area is 148 Å². The van der Waals surface area contributed by atoms with Crippen molar-refractivity contribution in [2.45, 2.75) is 19.9 Å². The van der Waals surface area contributed by atoms with Gasteiger partial charge in [0.15, 0.2) is 0 Å². The van der Waals surface area contributed by atoms with Crippen LogP contribution in [0, 0.1) is 5.82 Å². The van der Waals surface area contributed by atoms with Gasteiger partial charge in [-0.3, -0.25) is 9.59 Å². The molecule has 0 spiro atoms. The number of rotatable bonds is 6. The van der Waals surface area contributed by atoms with Gasteiger partial charge in [-0.2, -0.15) is 0 Å². The van der Waals surface area contributed by atoms with Crippen molar-refractivity contribution >= 4 is 33.4 Å². The number of amides is 2. The van der Waals surface area contributed by atoms with Crippen LogP contribution in [-0.2, 0) is 16.1 Å². The van der Waals surface area contributed by atoms with Gasteiger partial charge in [-0.15, -0.1) is 0 Å². The monoisotopic (exact) mass is 392 g/mol. The van der Waals surface area contributed by atoms with Crippen molar-refractivity contribution in [1.29, 1.82) is 0 Å². The number of anilines is 1. The number of carbonyl (C=O) groups is 2. The van der Waals surface area contributed by atoms with Crippen molar-refractivity contribution in [2.75, 3.05) is 11.4 Å². The minimum absolute atomic E-state index is 0.129. The zero-order valence-corrected chi connectivity index (χ0v) is 14.8. The van der Waals surface area contributed by atoms with Gasteiger partial charge < -0.3 is 10.2 Å². The van der Waals surface area contributed by atoms with E-state index in [1.807, 2.05) is 24.3 Å². The molecule has 0 fully saturated rings. The molecule has 0 aliphatic rings. The van der Waals surface area contributed by atoms with Gasteiger partial charge in [-0.25, -0.2) is 4.39 Å². The molecule has 2 aromatic rings. The van der Waals surface area contributed by atoms with Gasteiger partial charge >= 0.3 is 0 Å². The number of hydrogen-bond donors (Lipinski definition) is 1. The van der Waals surface area contributed by atoms with Gasteiger partial charge in [0.25, 0.3) is 0 Å². The lowest BCUT2D eigenvalue weighted by Crippen LogP contribution is -2.33. The minimum Gasteiger partial charge on any atom is -0.352 e. The summed E-state index contributed by atoms with van der Waals surface area (Å²) in [5.41, 5.74) is 1.16. The van der Waals surface area contributed by atoms with Crippen LogP contribution in [-0.4, -0.2) is 18.4 Å². The van der Waals surface area contributed by atoms with E-state index >= 15 is 0 Å². The van der Waals surface area contributed by atoms with Crippen molar-refractivity contribution in [1.82, 2.24) is 5.32 Å². The van der Waals surface area contributed by atoms with E-state index in [9.17, 15) is 14.0 Å². The number of carbonyl (C=O) groups excluding carboxylic acids is 2. The summed E-state index contributed by atoms with van der Waals surface area (Å²) in [6, 6.07) is 13.6. The molecular formula is C18H18BrFN2O2. The first-order chi connectivity index (χ1) is 11.5. The van der Waals surface area contributed by atoms with E-state index in [2.05, 4.69) is 21.2 Å². The summed E-state index contributed by atoms with van der Waals surface area (Å²) in [4.78, 5) is 25.3. The highest BCUT2D eigenvalue weighted by atomic mass is 79.9. The molecule has 0 saturated carbocycles. The average Bonchev–Trinajstić information content (AvgIpc) is 2.55. The van der Waals surface area contributed by atoms with Gasteiger partial charge in [0.1, 0.15) is 5.82 Å². The topological polar surface area (TPSA) is 49.4 Å². The molecule has 0 aromatic heterocycles. The van der Waals surface area contributed by atoms with Crippen molar-refractivity contribution < 1.29 is 14.0 Å². The van der Waals surface area contributed by atoms with Crippen molar-refractivity contribution in [3.63, 3.8) is 0 Å². The van der Waals surface area contributed by atoms with E-state index in [0.717, 1.165) is 10.2 Å². The molecule has 4 nitrogen and oxygen atoms in total. The summed E-state index contributed by atoms with van der Waals surface area (Å²) in [5.74, 6) is -0.723. The second kappa shape index (κ2) is 8.59. The highest BCUT2D eigenvalue weighted by Crippen LogP contribution is 2.19.